The third-order valence-corrected chi connectivity index (χ3v) is 5.00. The molecule has 3 nitrogen and oxygen atoms in total. The minimum atomic E-state index is -0.939. The Hall–Kier alpha value is -0.570. The molecule has 0 saturated carbocycles. The van der Waals surface area contributed by atoms with Gasteiger partial charge in [-0.2, -0.15) is 0 Å². The van der Waals surface area contributed by atoms with Crippen LogP contribution in [0.1, 0.15) is 124 Å². The topological polar surface area (TPSA) is 46.5 Å². The van der Waals surface area contributed by atoms with Gasteiger partial charge in [0, 0.05) is 0 Å². The first kappa shape index (κ1) is 24.4. The van der Waals surface area contributed by atoms with E-state index in [-0.39, 0.29) is 6.10 Å². The summed E-state index contributed by atoms with van der Waals surface area (Å²) >= 11 is 0. The molecule has 0 bridgehead atoms. The second-order valence-corrected chi connectivity index (χ2v) is 7.56. The second kappa shape index (κ2) is 18.2. The summed E-state index contributed by atoms with van der Waals surface area (Å²) in [6, 6.07) is 0. The van der Waals surface area contributed by atoms with Gasteiger partial charge in [-0.05, 0) is 19.8 Å². The molecule has 0 aromatic carbocycles. The minimum absolute atomic E-state index is 0.0986. The van der Waals surface area contributed by atoms with E-state index in [9.17, 15) is 9.90 Å². The molecule has 0 aliphatic rings. The number of aliphatic hydroxyl groups excluding tert-OH is 1. The summed E-state index contributed by atoms with van der Waals surface area (Å²) in [5.41, 5.74) is 0. The molecule has 150 valence electrons. The quantitative estimate of drug-likeness (QED) is 0.223. The summed E-state index contributed by atoms with van der Waals surface area (Å²) in [5.74, 6) is -0.455. The highest BCUT2D eigenvalue weighted by atomic mass is 16.6. The summed E-state index contributed by atoms with van der Waals surface area (Å²) in [4.78, 5) is 11.6. The fourth-order valence-electron chi connectivity index (χ4n) is 3.01. The second-order valence-electron chi connectivity index (χ2n) is 7.56. The van der Waals surface area contributed by atoms with Crippen LogP contribution in [-0.4, -0.2) is 23.3 Å². The SMILES string of the molecule is CCCCCCCCCCCCCCCCC(O)C(=O)OC(C)CC. The highest BCUT2D eigenvalue weighted by molar-refractivity contribution is 5.74. The van der Waals surface area contributed by atoms with E-state index in [0.717, 1.165) is 19.3 Å². The van der Waals surface area contributed by atoms with E-state index in [0.29, 0.717) is 6.42 Å². The lowest BCUT2D eigenvalue weighted by atomic mass is 10.0. The monoisotopic (exact) mass is 356 g/mol. The number of rotatable bonds is 18. The summed E-state index contributed by atoms with van der Waals surface area (Å²) in [6.07, 6.45) is 18.7. The molecular weight excluding hydrogens is 312 g/mol. The van der Waals surface area contributed by atoms with Gasteiger partial charge < -0.3 is 9.84 Å². The molecule has 25 heavy (non-hydrogen) atoms. The maximum atomic E-state index is 11.6. The first-order valence-electron chi connectivity index (χ1n) is 11.0. The predicted molar refractivity (Wildman–Crippen MR) is 107 cm³/mol. The molecule has 0 aromatic rings. The van der Waals surface area contributed by atoms with Crippen LogP contribution in [0.15, 0.2) is 0 Å². The van der Waals surface area contributed by atoms with Crippen molar-refractivity contribution in [3.05, 3.63) is 0 Å². The molecular formula is C22H44O3. The van der Waals surface area contributed by atoms with Crippen LogP contribution in [0.5, 0.6) is 0 Å². The van der Waals surface area contributed by atoms with Crippen LogP contribution in [0.25, 0.3) is 0 Å². The van der Waals surface area contributed by atoms with E-state index >= 15 is 0 Å². The first-order chi connectivity index (χ1) is 12.1. The van der Waals surface area contributed by atoms with Crippen molar-refractivity contribution in [2.45, 2.75) is 136 Å². The zero-order valence-corrected chi connectivity index (χ0v) is 17.2. The Bertz CT molecular complexity index is 291. The Kier molecular flexibility index (Phi) is 17.8. The average molecular weight is 357 g/mol. The maximum absolute atomic E-state index is 11.6. The van der Waals surface area contributed by atoms with Gasteiger partial charge in [0.15, 0.2) is 6.10 Å². The van der Waals surface area contributed by atoms with Gasteiger partial charge >= 0.3 is 5.97 Å². The van der Waals surface area contributed by atoms with E-state index < -0.39 is 12.1 Å². The Morgan fingerprint density at radius 2 is 1.16 bits per heavy atom. The molecule has 0 amide bonds. The van der Waals surface area contributed by atoms with E-state index in [2.05, 4.69) is 6.92 Å². The summed E-state index contributed by atoms with van der Waals surface area (Å²) in [6.45, 7) is 6.10. The lowest BCUT2D eigenvalue weighted by molar-refractivity contribution is -0.158. The van der Waals surface area contributed by atoms with Gasteiger partial charge in [0.25, 0.3) is 0 Å². The number of hydrogen-bond acceptors (Lipinski definition) is 3. The van der Waals surface area contributed by atoms with Crippen LogP contribution in [0.3, 0.4) is 0 Å². The molecule has 0 spiro atoms. The molecule has 2 unspecified atom stereocenters. The van der Waals surface area contributed by atoms with E-state index in [1.165, 1.54) is 77.0 Å². The van der Waals surface area contributed by atoms with Gasteiger partial charge in [-0.25, -0.2) is 4.79 Å². The van der Waals surface area contributed by atoms with Crippen molar-refractivity contribution in [3.63, 3.8) is 0 Å². The fourth-order valence-corrected chi connectivity index (χ4v) is 3.01. The van der Waals surface area contributed by atoms with Crippen LogP contribution >= 0.6 is 0 Å². The lowest BCUT2D eigenvalue weighted by Crippen LogP contribution is -2.26. The zero-order chi connectivity index (χ0) is 18.8. The zero-order valence-electron chi connectivity index (χ0n) is 17.2. The van der Waals surface area contributed by atoms with Crippen molar-refractivity contribution < 1.29 is 14.6 Å². The normalized spacial score (nSPS) is 13.6. The van der Waals surface area contributed by atoms with Crippen LogP contribution < -0.4 is 0 Å². The molecule has 3 heteroatoms. The third kappa shape index (κ3) is 16.6. The first-order valence-corrected chi connectivity index (χ1v) is 11.0. The van der Waals surface area contributed by atoms with Gasteiger partial charge in [0.05, 0.1) is 6.10 Å². The number of carbonyl (C=O) groups is 1. The summed E-state index contributed by atoms with van der Waals surface area (Å²) in [5, 5.41) is 9.78. The van der Waals surface area contributed by atoms with Crippen LogP contribution in [0.4, 0.5) is 0 Å². The van der Waals surface area contributed by atoms with Crippen molar-refractivity contribution in [3.8, 4) is 0 Å². The van der Waals surface area contributed by atoms with Crippen molar-refractivity contribution in [2.75, 3.05) is 0 Å². The summed E-state index contributed by atoms with van der Waals surface area (Å²) < 4.78 is 5.14. The number of carbonyl (C=O) groups excluding carboxylic acids is 1. The Morgan fingerprint density at radius 3 is 1.56 bits per heavy atom. The minimum Gasteiger partial charge on any atom is -0.461 e. The highest BCUT2D eigenvalue weighted by Crippen LogP contribution is 2.14. The van der Waals surface area contributed by atoms with Gasteiger partial charge in [0.1, 0.15) is 0 Å². The molecule has 0 radical (unpaired) electrons. The van der Waals surface area contributed by atoms with Crippen molar-refractivity contribution in [1.82, 2.24) is 0 Å². The largest absolute Gasteiger partial charge is 0.461 e. The number of hydrogen-bond donors (Lipinski definition) is 1. The molecule has 0 aromatic heterocycles. The van der Waals surface area contributed by atoms with Gasteiger partial charge in [-0.1, -0.05) is 104 Å². The molecule has 0 rings (SSSR count). The van der Waals surface area contributed by atoms with Crippen molar-refractivity contribution >= 4 is 5.97 Å². The van der Waals surface area contributed by atoms with Gasteiger partial charge in [0.2, 0.25) is 0 Å². The molecule has 1 N–H and O–H groups in total. The lowest BCUT2D eigenvalue weighted by Gasteiger charge is -2.14. The van der Waals surface area contributed by atoms with E-state index in [1.807, 2.05) is 13.8 Å². The Labute approximate surface area is 156 Å². The Morgan fingerprint density at radius 1 is 0.760 bits per heavy atom. The van der Waals surface area contributed by atoms with E-state index in [1.54, 1.807) is 0 Å². The average Bonchev–Trinajstić information content (AvgIpc) is 2.61. The summed E-state index contributed by atoms with van der Waals surface area (Å²) in [7, 11) is 0. The molecule has 0 aliphatic carbocycles. The van der Waals surface area contributed by atoms with Crippen LogP contribution in [0.2, 0.25) is 0 Å². The number of aliphatic hydroxyl groups is 1. The molecule has 0 heterocycles. The molecule has 0 aliphatic heterocycles. The van der Waals surface area contributed by atoms with Crippen molar-refractivity contribution in [1.29, 1.82) is 0 Å². The maximum Gasteiger partial charge on any atom is 0.335 e. The molecule has 0 fully saturated rings. The van der Waals surface area contributed by atoms with E-state index in [4.69, 9.17) is 4.74 Å². The third-order valence-electron chi connectivity index (χ3n) is 5.00. The fraction of sp³-hybridized carbons (Fsp3) is 0.955. The van der Waals surface area contributed by atoms with Crippen LogP contribution in [-0.2, 0) is 9.53 Å². The van der Waals surface area contributed by atoms with Gasteiger partial charge in [-0.3, -0.25) is 0 Å². The number of esters is 1. The smallest absolute Gasteiger partial charge is 0.335 e. The highest BCUT2D eigenvalue weighted by Gasteiger charge is 2.17. The number of unbranched alkanes of at least 4 members (excludes halogenated alkanes) is 13. The number of ether oxygens (including phenoxy) is 1. The predicted octanol–water partition coefficient (Wildman–Crippen LogP) is 6.56. The Balaban J connectivity index is 3.27. The van der Waals surface area contributed by atoms with Crippen LogP contribution in [0, 0.1) is 0 Å². The van der Waals surface area contributed by atoms with Gasteiger partial charge in [-0.15, -0.1) is 0 Å². The molecule has 2 atom stereocenters. The standard InChI is InChI=1S/C22H44O3/c1-4-6-7-8-9-10-11-12-13-14-15-16-17-18-19-21(23)22(24)25-20(3)5-2/h20-21,23H,4-19H2,1-3H3. The van der Waals surface area contributed by atoms with Crippen molar-refractivity contribution in [2.24, 2.45) is 0 Å². The molecule has 0 saturated heterocycles.